The summed E-state index contributed by atoms with van der Waals surface area (Å²) in [6.07, 6.45) is 5.42. The third kappa shape index (κ3) is 3.49. The maximum Gasteiger partial charge on any atom is 0.255 e. The van der Waals surface area contributed by atoms with E-state index in [4.69, 9.17) is 0 Å². The van der Waals surface area contributed by atoms with Crippen LogP contribution in [0.15, 0.2) is 54.5 Å². The standard InChI is InChI=1S/C14H17NOS/c1-4-10-15(11-5-2)14(16)12-8-6-7-9-13(12)17-3/h4-9H,1-2,10-11H2,3H3. The van der Waals surface area contributed by atoms with Crippen molar-refractivity contribution >= 4 is 17.7 Å². The van der Waals surface area contributed by atoms with Crippen LogP contribution in [0.4, 0.5) is 0 Å². The van der Waals surface area contributed by atoms with Crippen LogP contribution in [0.3, 0.4) is 0 Å². The van der Waals surface area contributed by atoms with Crippen molar-refractivity contribution in [3.63, 3.8) is 0 Å². The monoisotopic (exact) mass is 247 g/mol. The number of amides is 1. The van der Waals surface area contributed by atoms with E-state index in [2.05, 4.69) is 13.2 Å². The van der Waals surface area contributed by atoms with Crippen LogP contribution in [0, 0.1) is 0 Å². The van der Waals surface area contributed by atoms with Gasteiger partial charge in [-0.3, -0.25) is 4.79 Å². The van der Waals surface area contributed by atoms with Gasteiger partial charge >= 0.3 is 0 Å². The van der Waals surface area contributed by atoms with Crippen molar-refractivity contribution in [2.45, 2.75) is 4.90 Å². The van der Waals surface area contributed by atoms with E-state index < -0.39 is 0 Å². The summed E-state index contributed by atoms with van der Waals surface area (Å²) in [5.41, 5.74) is 0.740. The van der Waals surface area contributed by atoms with Crippen LogP contribution in [0.1, 0.15) is 10.4 Å². The first-order valence-corrected chi connectivity index (χ1v) is 6.61. The quantitative estimate of drug-likeness (QED) is 0.568. The first-order chi connectivity index (χ1) is 8.24. The molecule has 0 atom stereocenters. The van der Waals surface area contributed by atoms with E-state index in [-0.39, 0.29) is 5.91 Å². The molecule has 0 unspecified atom stereocenters. The Labute approximate surface area is 107 Å². The molecule has 1 rings (SSSR count). The van der Waals surface area contributed by atoms with E-state index in [0.717, 1.165) is 10.5 Å². The van der Waals surface area contributed by atoms with E-state index in [0.29, 0.717) is 13.1 Å². The van der Waals surface area contributed by atoms with Crippen molar-refractivity contribution in [1.29, 1.82) is 0 Å². The summed E-state index contributed by atoms with van der Waals surface area (Å²) >= 11 is 1.58. The van der Waals surface area contributed by atoms with Gasteiger partial charge in [0.15, 0.2) is 0 Å². The van der Waals surface area contributed by atoms with Gasteiger partial charge in [-0.15, -0.1) is 24.9 Å². The van der Waals surface area contributed by atoms with Crippen LogP contribution >= 0.6 is 11.8 Å². The Morgan fingerprint density at radius 3 is 2.41 bits per heavy atom. The Kier molecular flexibility index (Phi) is 5.57. The van der Waals surface area contributed by atoms with Crippen LogP contribution in [-0.4, -0.2) is 30.2 Å². The normalized spacial score (nSPS) is 9.71. The van der Waals surface area contributed by atoms with Gasteiger partial charge in [-0.05, 0) is 18.4 Å². The molecule has 1 aromatic rings. The molecule has 0 saturated carbocycles. The minimum atomic E-state index is 0.0229. The number of nitrogens with zero attached hydrogens (tertiary/aromatic N) is 1. The van der Waals surface area contributed by atoms with Gasteiger partial charge < -0.3 is 4.90 Å². The van der Waals surface area contributed by atoms with Gasteiger partial charge in [0.2, 0.25) is 0 Å². The average Bonchev–Trinajstić information content (AvgIpc) is 2.37. The predicted octanol–water partition coefficient (Wildman–Crippen LogP) is 3.22. The fourth-order valence-corrected chi connectivity index (χ4v) is 2.13. The lowest BCUT2D eigenvalue weighted by molar-refractivity contribution is 0.0787. The second-order valence-electron chi connectivity index (χ2n) is 3.49. The molecule has 0 spiro atoms. The molecule has 1 aromatic carbocycles. The maximum atomic E-state index is 12.3. The minimum absolute atomic E-state index is 0.0229. The first kappa shape index (κ1) is 13.6. The van der Waals surface area contributed by atoms with E-state index in [1.165, 1.54) is 0 Å². The van der Waals surface area contributed by atoms with Gasteiger partial charge in [0.1, 0.15) is 0 Å². The zero-order chi connectivity index (χ0) is 12.7. The van der Waals surface area contributed by atoms with Crippen LogP contribution in [0.2, 0.25) is 0 Å². The largest absolute Gasteiger partial charge is 0.331 e. The van der Waals surface area contributed by atoms with Crippen molar-refractivity contribution in [3.05, 3.63) is 55.1 Å². The highest BCUT2D eigenvalue weighted by atomic mass is 32.2. The fourth-order valence-electron chi connectivity index (χ4n) is 1.54. The molecule has 1 amide bonds. The maximum absolute atomic E-state index is 12.3. The molecule has 0 aromatic heterocycles. The van der Waals surface area contributed by atoms with E-state index in [9.17, 15) is 4.79 Å². The van der Waals surface area contributed by atoms with Gasteiger partial charge in [0.05, 0.1) is 5.56 Å². The number of benzene rings is 1. The summed E-state index contributed by atoms with van der Waals surface area (Å²) < 4.78 is 0. The molecule has 0 aliphatic carbocycles. The van der Waals surface area contributed by atoms with Crippen molar-refractivity contribution in [2.24, 2.45) is 0 Å². The summed E-state index contributed by atoms with van der Waals surface area (Å²) in [5.74, 6) is 0.0229. The lowest BCUT2D eigenvalue weighted by Crippen LogP contribution is -2.31. The lowest BCUT2D eigenvalue weighted by Gasteiger charge is -2.20. The molecule has 3 heteroatoms. The molecule has 0 N–H and O–H groups in total. The van der Waals surface area contributed by atoms with E-state index in [1.807, 2.05) is 30.5 Å². The summed E-state index contributed by atoms with van der Waals surface area (Å²) in [6.45, 7) is 8.41. The van der Waals surface area contributed by atoms with Crippen LogP contribution in [0.5, 0.6) is 0 Å². The van der Waals surface area contributed by atoms with Gasteiger partial charge in [0, 0.05) is 18.0 Å². The summed E-state index contributed by atoms with van der Waals surface area (Å²) in [7, 11) is 0. The summed E-state index contributed by atoms with van der Waals surface area (Å²) in [5, 5.41) is 0. The average molecular weight is 247 g/mol. The highest BCUT2D eigenvalue weighted by Gasteiger charge is 2.15. The molecular weight excluding hydrogens is 230 g/mol. The Morgan fingerprint density at radius 1 is 1.29 bits per heavy atom. The van der Waals surface area contributed by atoms with Crippen molar-refractivity contribution in [1.82, 2.24) is 4.90 Å². The van der Waals surface area contributed by atoms with Gasteiger partial charge in [0.25, 0.3) is 5.91 Å². The molecule has 0 radical (unpaired) electrons. The SMILES string of the molecule is C=CCN(CC=C)C(=O)c1ccccc1SC. The number of carbonyl (C=O) groups excluding carboxylic acids is 1. The Morgan fingerprint density at radius 2 is 1.88 bits per heavy atom. The molecule has 90 valence electrons. The molecule has 17 heavy (non-hydrogen) atoms. The van der Waals surface area contributed by atoms with Gasteiger partial charge in [-0.2, -0.15) is 0 Å². The van der Waals surface area contributed by atoms with E-state index >= 15 is 0 Å². The Hall–Kier alpha value is -1.48. The smallest absolute Gasteiger partial charge is 0.255 e. The fraction of sp³-hybridized carbons (Fsp3) is 0.214. The van der Waals surface area contributed by atoms with E-state index in [1.54, 1.807) is 28.8 Å². The van der Waals surface area contributed by atoms with Crippen molar-refractivity contribution in [3.8, 4) is 0 Å². The molecule has 0 saturated heterocycles. The van der Waals surface area contributed by atoms with Crippen molar-refractivity contribution in [2.75, 3.05) is 19.3 Å². The predicted molar refractivity (Wildman–Crippen MR) is 74.5 cm³/mol. The molecule has 0 fully saturated rings. The highest BCUT2D eigenvalue weighted by molar-refractivity contribution is 7.98. The van der Waals surface area contributed by atoms with Crippen LogP contribution in [0.25, 0.3) is 0 Å². The molecule has 2 nitrogen and oxygen atoms in total. The second-order valence-corrected chi connectivity index (χ2v) is 4.34. The zero-order valence-electron chi connectivity index (χ0n) is 10.1. The molecule has 0 aliphatic heterocycles. The van der Waals surface area contributed by atoms with Gasteiger partial charge in [-0.25, -0.2) is 0 Å². The molecule has 0 aliphatic rings. The second kappa shape index (κ2) is 6.97. The van der Waals surface area contributed by atoms with Crippen molar-refractivity contribution < 1.29 is 4.79 Å². The third-order valence-corrected chi connectivity index (χ3v) is 3.12. The summed E-state index contributed by atoms with van der Waals surface area (Å²) in [4.78, 5) is 15.0. The van der Waals surface area contributed by atoms with Gasteiger partial charge in [-0.1, -0.05) is 24.3 Å². The lowest BCUT2D eigenvalue weighted by atomic mass is 10.2. The molecule has 0 heterocycles. The summed E-state index contributed by atoms with van der Waals surface area (Å²) in [6, 6.07) is 7.63. The highest BCUT2D eigenvalue weighted by Crippen LogP contribution is 2.21. The number of hydrogen-bond acceptors (Lipinski definition) is 2. The minimum Gasteiger partial charge on any atom is -0.331 e. The Balaban J connectivity index is 2.99. The number of rotatable bonds is 6. The Bertz CT molecular complexity index is 404. The first-order valence-electron chi connectivity index (χ1n) is 5.38. The van der Waals surface area contributed by atoms with Crippen LogP contribution < -0.4 is 0 Å². The third-order valence-electron chi connectivity index (χ3n) is 2.32. The number of carbonyl (C=O) groups is 1. The molecule has 0 bridgehead atoms. The number of hydrogen-bond donors (Lipinski definition) is 0. The zero-order valence-corrected chi connectivity index (χ0v) is 10.9. The number of thioether (sulfide) groups is 1. The molecular formula is C14H17NOS. The topological polar surface area (TPSA) is 20.3 Å². The van der Waals surface area contributed by atoms with Crippen LogP contribution in [-0.2, 0) is 0 Å².